The molecule has 0 spiro atoms. The van der Waals surface area contributed by atoms with Crippen LogP contribution in [-0.4, -0.2) is 0 Å². The van der Waals surface area contributed by atoms with Crippen LogP contribution in [-0.2, 0) is 0 Å². The summed E-state index contributed by atoms with van der Waals surface area (Å²) in [5.41, 5.74) is 10.2. The van der Waals surface area contributed by atoms with Crippen molar-refractivity contribution in [3.05, 3.63) is 75.3 Å². The van der Waals surface area contributed by atoms with Crippen LogP contribution in [0.3, 0.4) is 0 Å². The van der Waals surface area contributed by atoms with Crippen LogP contribution < -0.4 is 5.73 Å². The van der Waals surface area contributed by atoms with Crippen molar-refractivity contribution in [2.24, 2.45) is 0 Å². The zero-order chi connectivity index (χ0) is 18.8. The fourth-order valence-electron chi connectivity index (χ4n) is 3.14. The van der Waals surface area contributed by atoms with Crippen LogP contribution in [0.5, 0.6) is 0 Å². The minimum Gasteiger partial charge on any atom is -0.397 e. The molecule has 0 aromatic heterocycles. The van der Waals surface area contributed by atoms with Crippen molar-refractivity contribution in [3.63, 3.8) is 0 Å². The lowest BCUT2D eigenvalue weighted by molar-refractivity contribution is 1.38. The number of hydrogen-bond donors (Lipinski definition) is 1. The van der Waals surface area contributed by atoms with Gasteiger partial charge in [-0.05, 0) is 30.2 Å². The summed E-state index contributed by atoms with van der Waals surface area (Å²) in [6, 6.07) is 18.9. The second-order valence-electron chi connectivity index (χ2n) is 5.72. The topological polar surface area (TPSA) is 73.6 Å². The number of nitrogens with two attached hydrogens (primary N) is 1. The first kappa shape index (κ1) is 17.8. The van der Waals surface area contributed by atoms with Crippen LogP contribution in [0.25, 0.3) is 22.3 Å². The van der Waals surface area contributed by atoms with E-state index in [1.54, 1.807) is 18.2 Å². The Morgan fingerprint density at radius 1 is 0.769 bits per heavy atom. The van der Waals surface area contributed by atoms with E-state index in [2.05, 4.69) is 12.1 Å². The first-order valence-electron chi connectivity index (χ1n) is 7.77. The average Bonchev–Trinajstić information content (AvgIpc) is 2.64. The lowest BCUT2D eigenvalue weighted by Gasteiger charge is -2.19. The van der Waals surface area contributed by atoms with E-state index < -0.39 is 0 Å². The molecule has 0 aliphatic heterocycles. The maximum absolute atomic E-state index is 9.72. The molecular weight excluding hydrogens is 365 g/mol. The van der Waals surface area contributed by atoms with Crippen LogP contribution in [0.15, 0.2) is 48.5 Å². The number of halogens is 2. The van der Waals surface area contributed by atoms with Crippen LogP contribution in [0.4, 0.5) is 5.69 Å². The molecule has 3 aromatic carbocycles. The normalized spacial score (nSPS) is 10.2. The third kappa shape index (κ3) is 2.78. The number of rotatable bonds is 2. The molecule has 26 heavy (non-hydrogen) atoms. The third-order valence-electron chi connectivity index (χ3n) is 4.29. The van der Waals surface area contributed by atoms with Gasteiger partial charge in [0.15, 0.2) is 0 Å². The minimum absolute atomic E-state index is 0.130. The summed E-state index contributed by atoms with van der Waals surface area (Å²) >= 11 is 12.8. The SMILES string of the molecule is Cc1c(-c2ccccc2)c(C#N)c(N)c(C#N)c1-c1c(Cl)cccc1Cl. The highest BCUT2D eigenvalue weighted by molar-refractivity contribution is 6.39. The molecule has 2 N–H and O–H groups in total. The second-order valence-corrected chi connectivity index (χ2v) is 6.54. The molecule has 0 heterocycles. The molecule has 0 atom stereocenters. The van der Waals surface area contributed by atoms with Gasteiger partial charge in [0.2, 0.25) is 0 Å². The summed E-state index contributed by atoms with van der Waals surface area (Å²) in [4.78, 5) is 0. The summed E-state index contributed by atoms with van der Waals surface area (Å²) in [6.45, 7) is 1.85. The summed E-state index contributed by atoms with van der Waals surface area (Å²) in [5.74, 6) is 0. The number of anilines is 1. The Bertz CT molecular complexity index is 1070. The molecule has 0 bridgehead atoms. The highest BCUT2D eigenvalue weighted by atomic mass is 35.5. The minimum atomic E-state index is 0.130. The third-order valence-corrected chi connectivity index (χ3v) is 4.92. The first-order valence-corrected chi connectivity index (χ1v) is 8.52. The van der Waals surface area contributed by atoms with Gasteiger partial charge in [-0.2, -0.15) is 10.5 Å². The Balaban J connectivity index is 2.53. The largest absolute Gasteiger partial charge is 0.397 e. The Morgan fingerprint density at radius 3 is 1.85 bits per heavy atom. The van der Waals surface area contributed by atoms with Gasteiger partial charge < -0.3 is 5.73 Å². The van der Waals surface area contributed by atoms with Crippen LogP contribution >= 0.6 is 23.2 Å². The van der Waals surface area contributed by atoms with Gasteiger partial charge in [0.25, 0.3) is 0 Å². The van der Waals surface area contributed by atoms with E-state index in [-0.39, 0.29) is 16.8 Å². The highest BCUT2D eigenvalue weighted by Gasteiger charge is 2.24. The van der Waals surface area contributed by atoms with Crippen LogP contribution in [0.2, 0.25) is 10.0 Å². The molecule has 0 aliphatic rings. The van der Waals surface area contributed by atoms with E-state index in [1.165, 1.54) is 0 Å². The number of nitriles is 2. The lowest BCUT2D eigenvalue weighted by atomic mass is 9.84. The van der Waals surface area contributed by atoms with Crippen LogP contribution in [0, 0.1) is 29.6 Å². The smallest absolute Gasteiger partial charge is 0.102 e. The Kier molecular flexibility index (Phi) is 4.87. The average molecular weight is 378 g/mol. The number of benzene rings is 3. The predicted octanol–water partition coefficient (Wildman–Crippen LogP) is 5.96. The van der Waals surface area contributed by atoms with Crippen molar-refractivity contribution in [1.29, 1.82) is 10.5 Å². The van der Waals surface area contributed by atoms with Crippen molar-refractivity contribution in [1.82, 2.24) is 0 Å². The van der Waals surface area contributed by atoms with Gasteiger partial charge in [0, 0.05) is 26.7 Å². The molecule has 5 heteroatoms. The maximum Gasteiger partial charge on any atom is 0.102 e. The summed E-state index contributed by atoms with van der Waals surface area (Å²) < 4.78 is 0. The summed E-state index contributed by atoms with van der Waals surface area (Å²) in [7, 11) is 0. The fourth-order valence-corrected chi connectivity index (χ4v) is 3.73. The first-order chi connectivity index (χ1) is 12.5. The number of hydrogen-bond acceptors (Lipinski definition) is 3. The van der Waals surface area contributed by atoms with Crippen molar-refractivity contribution < 1.29 is 0 Å². The molecule has 0 unspecified atom stereocenters. The molecule has 0 radical (unpaired) electrons. The van der Waals surface area contributed by atoms with Gasteiger partial charge in [-0.1, -0.05) is 59.6 Å². The van der Waals surface area contributed by atoms with E-state index in [9.17, 15) is 10.5 Å². The number of nitrogens with zero attached hydrogens (tertiary/aromatic N) is 2. The molecule has 0 aliphatic carbocycles. The van der Waals surface area contributed by atoms with E-state index in [0.29, 0.717) is 26.7 Å². The molecule has 0 saturated heterocycles. The van der Waals surface area contributed by atoms with Gasteiger partial charge >= 0.3 is 0 Å². The summed E-state index contributed by atoms with van der Waals surface area (Å²) in [6.07, 6.45) is 0. The zero-order valence-corrected chi connectivity index (χ0v) is 15.4. The van der Waals surface area contributed by atoms with Gasteiger partial charge in [0.05, 0.1) is 16.8 Å². The van der Waals surface area contributed by atoms with E-state index >= 15 is 0 Å². The van der Waals surface area contributed by atoms with Crippen molar-refractivity contribution >= 4 is 28.9 Å². The molecule has 3 nitrogen and oxygen atoms in total. The zero-order valence-electron chi connectivity index (χ0n) is 13.8. The van der Waals surface area contributed by atoms with E-state index in [4.69, 9.17) is 28.9 Å². The molecule has 3 rings (SSSR count). The van der Waals surface area contributed by atoms with Gasteiger partial charge in [0.1, 0.15) is 12.1 Å². The number of nitrogen functional groups attached to an aromatic ring is 1. The van der Waals surface area contributed by atoms with Crippen LogP contribution in [0.1, 0.15) is 16.7 Å². The molecular formula is C21H13Cl2N3. The fraction of sp³-hybridized carbons (Fsp3) is 0.0476. The molecule has 0 saturated carbocycles. The standard InChI is InChI=1S/C21H13Cl2N3/c1-12-18(13-6-3-2-4-7-13)14(10-24)21(26)15(11-25)19(12)20-16(22)8-5-9-17(20)23/h2-9H,26H2,1H3. The lowest BCUT2D eigenvalue weighted by Crippen LogP contribution is -2.04. The van der Waals surface area contributed by atoms with Crippen molar-refractivity contribution in [3.8, 4) is 34.4 Å². The highest BCUT2D eigenvalue weighted by Crippen LogP contribution is 2.45. The Hall–Kier alpha value is -2.98. The van der Waals surface area contributed by atoms with Gasteiger partial charge in [-0.25, -0.2) is 0 Å². The molecule has 126 valence electrons. The molecule has 3 aromatic rings. The van der Waals surface area contributed by atoms with E-state index in [0.717, 1.165) is 11.1 Å². The van der Waals surface area contributed by atoms with Gasteiger partial charge in [-0.15, -0.1) is 0 Å². The van der Waals surface area contributed by atoms with Crippen molar-refractivity contribution in [2.75, 3.05) is 5.73 Å². The summed E-state index contributed by atoms with van der Waals surface area (Å²) in [5, 5.41) is 20.2. The quantitative estimate of drug-likeness (QED) is 0.559. The monoisotopic (exact) mass is 377 g/mol. The van der Waals surface area contributed by atoms with E-state index in [1.807, 2.05) is 37.3 Å². The molecule has 0 fully saturated rings. The Morgan fingerprint density at radius 2 is 1.31 bits per heavy atom. The maximum atomic E-state index is 9.72. The van der Waals surface area contributed by atoms with Gasteiger partial charge in [-0.3, -0.25) is 0 Å². The second kappa shape index (κ2) is 7.10. The molecule has 0 amide bonds. The van der Waals surface area contributed by atoms with Crippen molar-refractivity contribution in [2.45, 2.75) is 6.92 Å². The Labute approximate surface area is 161 Å². The predicted molar refractivity (Wildman–Crippen MR) is 106 cm³/mol.